The Morgan fingerprint density at radius 3 is 2.81 bits per heavy atom. The SMILES string of the molecule is CCOC(=O)CN1C(=S)N[C@@H](c2ccccn2)[C@H]1c1cccn1-c1cccc([N+](=O)[O-])c1. The molecule has 2 atom stereocenters. The zero-order valence-electron chi connectivity index (χ0n) is 17.2. The summed E-state index contributed by atoms with van der Waals surface area (Å²) < 4.78 is 7.01. The Kier molecular flexibility index (Phi) is 6.13. The normalized spacial score (nSPS) is 17.8. The molecule has 3 heterocycles. The molecule has 0 bridgehead atoms. The number of carbonyl (C=O) groups excluding carboxylic acids is 1. The van der Waals surface area contributed by atoms with Gasteiger partial charge in [-0.25, -0.2) is 0 Å². The smallest absolute Gasteiger partial charge is 0.325 e. The summed E-state index contributed by atoms with van der Waals surface area (Å²) in [5.41, 5.74) is 2.19. The maximum absolute atomic E-state index is 12.3. The highest BCUT2D eigenvalue weighted by atomic mass is 32.1. The molecule has 0 radical (unpaired) electrons. The van der Waals surface area contributed by atoms with E-state index in [1.54, 1.807) is 30.2 Å². The number of non-ortho nitro benzene ring substituents is 1. The summed E-state index contributed by atoms with van der Waals surface area (Å²) in [4.78, 5) is 29.4. The summed E-state index contributed by atoms with van der Waals surface area (Å²) in [5, 5.41) is 15.0. The highest BCUT2D eigenvalue weighted by Crippen LogP contribution is 2.39. The molecular weight excluding hydrogens is 430 g/mol. The molecule has 4 rings (SSSR count). The molecular formula is C22H21N5O4S. The Hall–Kier alpha value is -3.79. The molecule has 1 fully saturated rings. The van der Waals surface area contributed by atoms with Crippen LogP contribution in [0, 0.1) is 10.1 Å². The van der Waals surface area contributed by atoms with E-state index in [-0.39, 0.29) is 24.9 Å². The Morgan fingerprint density at radius 1 is 1.25 bits per heavy atom. The van der Waals surface area contributed by atoms with Gasteiger partial charge in [-0.15, -0.1) is 0 Å². The maximum atomic E-state index is 12.3. The molecule has 32 heavy (non-hydrogen) atoms. The lowest BCUT2D eigenvalue weighted by atomic mass is 10.0. The first-order chi connectivity index (χ1) is 15.5. The molecule has 0 saturated carbocycles. The van der Waals surface area contributed by atoms with Crippen LogP contribution < -0.4 is 5.32 Å². The Morgan fingerprint density at radius 2 is 2.09 bits per heavy atom. The predicted molar refractivity (Wildman–Crippen MR) is 121 cm³/mol. The third-order valence-electron chi connectivity index (χ3n) is 5.20. The number of thiocarbonyl (C=S) groups is 1. The number of carbonyl (C=O) groups is 1. The minimum Gasteiger partial charge on any atom is -0.465 e. The van der Waals surface area contributed by atoms with Crippen molar-refractivity contribution in [2.45, 2.75) is 19.0 Å². The fourth-order valence-electron chi connectivity index (χ4n) is 3.87. The molecule has 1 aromatic carbocycles. The van der Waals surface area contributed by atoms with Gasteiger partial charge in [-0.05, 0) is 49.5 Å². The molecule has 164 valence electrons. The van der Waals surface area contributed by atoms with Gasteiger partial charge in [0, 0.05) is 30.2 Å². The Labute approximate surface area is 189 Å². The highest BCUT2D eigenvalue weighted by Gasteiger charge is 2.42. The van der Waals surface area contributed by atoms with Gasteiger partial charge in [0.1, 0.15) is 6.54 Å². The van der Waals surface area contributed by atoms with Crippen LogP contribution in [0.15, 0.2) is 67.0 Å². The third kappa shape index (κ3) is 4.17. The lowest BCUT2D eigenvalue weighted by molar-refractivity contribution is -0.384. The number of benzene rings is 1. The van der Waals surface area contributed by atoms with Crippen LogP contribution in [0.2, 0.25) is 0 Å². The van der Waals surface area contributed by atoms with Gasteiger partial charge in [-0.3, -0.25) is 19.9 Å². The van der Waals surface area contributed by atoms with E-state index in [0.29, 0.717) is 10.8 Å². The number of ether oxygens (including phenoxy) is 1. The van der Waals surface area contributed by atoms with Gasteiger partial charge < -0.3 is 19.5 Å². The van der Waals surface area contributed by atoms with Crippen molar-refractivity contribution in [1.29, 1.82) is 0 Å². The van der Waals surface area contributed by atoms with Gasteiger partial charge in [-0.2, -0.15) is 0 Å². The van der Waals surface area contributed by atoms with Gasteiger partial charge in [0.15, 0.2) is 5.11 Å². The minimum absolute atomic E-state index is 0.00752. The standard InChI is InChI=1S/C22H21N5O4S/c1-2-31-19(28)14-26-21(20(24-22(26)32)17-9-3-4-11-23-17)18-10-6-12-25(18)15-7-5-8-16(13-15)27(29)30/h3-13,20-21H,2,14H2,1H3,(H,24,32)/t20-,21+/m0/s1. The molecule has 0 aliphatic carbocycles. The zero-order valence-corrected chi connectivity index (χ0v) is 18.1. The van der Waals surface area contributed by atoms with Crippen molar-refractivity contribution in [3.63, 3.8) is 0 Å². The second-order valence-electron chi connectivity index (χ2n) is 7.14. The second kappa shape index (κ2) is 9.15. The first-order valence-electron chi connectivity index (χ1n) is 10.1. The van der Waals surface area contributed by atoms with Crippen LogP contribution in [0.25, 0.3) is 5.69 Å². The second-order valence-corrected chi connectivity index (χ2v) is 7.53. The number of aromatic nitrogens is 2. The van der Waals surface area contributed by atoms with E-state index < -0.39 is 16.9 Å². The average molecular weight is 452 g/mol. The zero-order chi connectivity index (χ0) is 22.7. The minimum atomic E-state index is -0.428. The molecule has 1 saturated heterocycles. The van der Waals surface area contributed by atoms with Crippen molar-refractivity contribution < 1.29 is 14.5 Å². The van der Waals surface area contributed by atoms with Gasteiger partial charge >= 0.3 is 5.97 Å². The van der Waals surface area contributed by atoms with Crippen LogP contribution in [-0.2, 0) is 9.53 Å². The van der Waals surface area contributed by atoms with E-state index in [2.05, 4.69) is 10.3 Å². The van der Waals surface area contributed by atoms with E-state index in [9.17, 15) is 14.9 Å². The summed E-state index contributed by atoms with van der Waals surface area (Å²) in [7, 11) is 0. The Balaban J connectivity index is 1.79. The number of nitro benzene ring substituents is 1. The molecule has 9 nitrogen and oxygen atoms in total. The fraction of sp³-hybridized carbons (Fsp3) is 0.227. The molecule has 3 aromatic rings. The summed E-state index contributed by atoms with van der Waals surface area (Å²) in [6, 6.07) is 15.0. The van der Waals surface area contributed by atoms with Crippen LogP contribution in [0.3, 0.4) is 0 Å². The lowest BCUT2D eigenvalue weighted by Gasteiger charge is -2.28. The van der Waals surface area contributed by atoms with Crippen LogP contribution in [0.1, 0.15) is 30.4 Å². The maximum Gasteiger partial charge on any atom is 0.325 e. The number of rotatable bonds is 7. The lowest BCUT2D eigenvalue weighted by Crippen LogP contribution is -2.36. The number of pyridine rings is 1. The van der Waals surface area contributed by atoms with Crippen LogP contribution >= 0.6 is 12.2 Å². The van der Waals surface area contributed by atoms with Crippen molar-refractivity contribution in [2.24, 2.45) is 0 Å². The van der Waals surface area contributed by atoms with Crippen molar-refractivity contribution in [3.8, 4) is 5.69 Å². The van der Waals surface area contributed by atoms with Crippen LogP contribution in [0.4, 0.5) is 5.69 Å². The molecule has 0 spiro atoms. The predicted octanol–water partition coefficient (Wildman–Crippen LogP) is 3.32. The van der Waals surface area contributed by atoms with E-state index in [0.717, 1.165) is 11.4 Å². The topological polar surface area (TPSA) is 103 Å². The van der Waals surface area contributed by atoms with E-state index in [1.807, 2.05) is 41.1 Å². The number of hydrogen-bond donors (Lipinski definition) is 1. The third-order valence-corrected chi connectivity index (χ3v) is 5.56. The molecule has 0 unspecified atom stereocenters. The molecule has 1 N–H and O–H groups in total. The van der Waals surface area contributed by atoms with Crippen molar-refractivity contribution in [2.75, 3.05) is 13.2 Å². The summed E-state index contributed by atoms with van der Waals surface area (Å²) in [5.74, 6) is -0.392. The van der Waals surface area contributed by atoms with Crippen molar-refractivity contribution in [3.05, 3.63) is 88.5 Å². The summed E-state index contributed by atoms with van der Waals surface area (Å²) in [6.45, 7) is 1.99. The number of nitro groups is 1. The van der Waals surface area contributed by atoms with Gasteiger partial charge in [0.05, 0.1) is 35.0 Å². The van der Waals surface area contributed by atoms with Gasteiger partial charge in [-0.1, -0.05) is 12.1 Å². The van der Waals surface area contributed by atoms with Gasteiger partial charge in [0.25, 0.3) is 5.69 Å². The largest absolute Gasteiger partial charge is 0.465 e. The van der Waals surface area contributed by atoms with E-state index >= 15 is 0 Å². The number of nitrogens with one attached hydrogen (secondary N) is 1. The molecule has 2 aromatic heterocycles. The van der Waals surface area contributed by atoms with Crippen molar-refractivity contribution in [1.82, 2.24) is 19.8 Å². The van der Waals surface area contributed by atoms with Crippen LogP contribution in [0.5, 0.6) is 0 Å². The van der Waals surface area contributed by atoms with Crippen molar-refractivity contribution >= 4 is 29.0 Å². The number of nitrogens with zero attached hydrogens (tertiary/aromatic N) is 4. The number of hydrogen-bond acceptors (Lipinski definition) is 6. The first kappa shape index (κ1) is 21.4. The monoisotopic (exact) mass is 451 g/mol. The summed E-state index contributed by atoms with van der Waals surface area (Å²) >= 11 is 5.57. The Bertz CT molecular complexity index is 1150. The average Bonchev–Trinajstić information content (AvgIpc) is 3.39. The molecule has 1 aliphatic rings. The fourth-order valence-corrected chi connectivity index (χ4v) is 4.17. The highest BCUT2D eigenvalue weighted by molar-refractivity contribution is 7.80. The van der Waals surface area contributed by atoms with E-state index in [4.69, 9.17) is 17.0 Å². The quantitative estimate of drug-likeness (QED) is 0.253. The first-order valence-corrected chi connectivity index (χ1v) is 10.5. The number of esters is 1. The summed E-state index contributed by atoms with van der Waals surface area (Å²) in [6.07, 6.45) is 3.53. The van der Waals surface area contributed by atoms with Crippen LogP contribution in [-0.4, -0.2) is 43.6 Å². The van der Waals surface area contributed by atoms with E-state index in [1.165, 1.54) is 12.1 Å². The molecule has 1 aliphatic heterocycles. The van der Waals surface area contributed by atoms with Gasteiger partial charge in [0.2, 0.25) is 0 Å². The molecule has 10 heteroatoms. The molecule has 0 amide bonds.